The summed E-state index contributed by atoms with van der Waals surface area (Å²) < 4.78 is 27.4. The molecule has 0 amide bonds. The van der Waals surface area contributed by atoms with Crippen molar-refractivity contribution < 1.29 is 32.9 Å². The van der Waals surface area contributed by atoms with E-state index in [0.717, 1.165) is 5.56 Å². The minimum Gasteiger partial charge on any atom is -0.508 e. The van der Waals surface area contributed by atoms with Gasteiger partial charge in [-0.2, -0.15) is 0 Å². The van der Waals surface area contributed by atoms with Gasteiger partial charge in [-0.1, -0.05) is 18.2 Å². The highest BCUT2D eigenvalue weighted by Crippen LogP contribution is 2.42. The summed E-state index contributed by atoms with van der Waals surface area (Å²) >= 11 is 0. The smallest absolute Gasteiger partial charge is 0.339 e. The summed E-state index contributed by atoms with van der Waals surface area (Å²) in [5.41, 5.74) is 1.64. The molecule has 6 aromatic rings. The zero-order chi connectivity index (χ0) is 29.8. The topological polar surface area (TPSA) is 150 Å². The number of phenolic OH excluding ortho intramolecular Hbond substituents is 1. The van der Waals surface area contributed by atoms with E-state index < -0.39 is 23.2 Å². The van der Waals surface area contributed by atoms with E-state index in [2.05, 4.69) is 0 Å². The Bertz CT molecular complexity index is 2260. The van der Waals surface area contributed by atoms with Crippen LogP contribution in [0.4, 0.5) is 0 Å². The second-order valence-electron chi connectivity index (χ2n) is 10.2. The molecule has 43 heavy (non-hydrogen) atoms. The monoisotopic (exact) mass is 578 g/mol. The van der Waals surface area contributed by atoms with Crippen molar-refractivity contribution in [3.8, 4) is 28.6 Å². The zero-order valence-corrected chi connectivity index (χ0v) is 22.6. The molecule has 1 aliphatic rings. The van der Waals surface area contributed by atoms with E-state index in [0.29, 0.717) is 45.4 Å². The molecule has 10 nitrogen and oxygen atoms in total. The minimum absolute atomic E-state index is 0.0214. The standard InChI is InChI=1S/C33H22O10/c1-39-26-4-2-3-22-18(14-29(36)42-31(22)26)11-19-12-24-30(43-32(19)37)23-10-16(5-8-25(23)41-33(24)38)9-17-13-28(35)40-27-15-20(34)6-7-21(17)27/h2-8,10,12-15,33-34,38H,9,11H2,1H3. The molecule has 0 saturated carbocycles. The molecule has 3 aromatic carbocycles. The van der Waals surface area contributed by atoms with Gasteiger partial charge >= 0.3 is 16.9 Å². The maximum atomic E-state index is 13.3. The minimum atomic E-state index is -1.40. The van der Waals surface area contributed by atoms with Crippen LogP contribution in [0.15, 0.2) is 100 Å². The van der Waals surface area contributed by atoms with Crippen molar-refractivity contribution in [2.75, 3.05) is 7.11 Å². The van der Waals surface area contributed by atoms with Crippen LogP contribution in [0.5, 0.6) is 17.2 Å². The lowest BCUT2D eigenvalue weighted by atomic mass is 9.95. The van der Waals surface area contributed by atoms with Crippen LogP contribution < -0.4 is 26.4 Å². The molecule has 214 valence electrons. The van der Waals surface area contributed by atoms with Gasteiger partial charge in [0.05, 0.1) is 18.2 Å². The number of aromatic hydroxyl groups is 1. The van der Waals surface area contributed by atoms with Crippen molar-refractivity contribution in [3.05, 3.63) is 132 Å². The second kappa shape index (κ2) is 10.0. The molecule has 0 saturated heterocycles. The predicted octanol–water partition coefficient (Wildman–Crippen LogP) is 4.80. The Hall–Kier alpha value is -5.61. The fourth-order valence-electron chi connectivity index (χ4n) is 5.52. The van der Waals surface area contributed by atoms with Crippen LogP contribution in [0.1, 0.15) is 34.1 Å². The van der Waals surface area contributed by atoms with E-state index in [1.165, 1.54) is 37.4 Å². The largest absolute Gasteiger partial charge is 0.508 e. The fourth-order valence-corrected chi connectivity index (χ4v) is 5.52. The molecule has 0 fully saturated rings. The van der Waals surface area contributed by atoms with Gasteiger partial charge in [0.25, 0.3) is 0 Å². The Morgan fingerprint density at radius 2 is 1.58 bits per heavy atom. The number of hydrogen-bond acceptors (Lipinski definition) is 10. The number of para-hydroxylation sites is 1. The molecule has 1 atom stereocenters. The first-order chi connectivity index (χ1) is 20.8. The third kappa shape index (κ3) is 4.63. The van der Waals surface area contributed by atoms with Gasteiger partial charge in [0.1, 0.15) is 17.1 Å². The predicted molar refractivity (Wildman–Crippen MR) is 155 cm³/mol. The van der Waals surface area contributed by atoms with Crippen LogP contribution in [0.25, 0.3) is 33.3 Å². The third-order valence-corrected chi connectivity index (χ3v) is 7.47. The van der Waals surface area contributed by atoms with Crippen molar-refractivity contribution in [2.24, 2.45) is 0 Å². The van der Waals surface area contributed by atoms with Gasteiger partial charge in [0, 0.05) is 41.0 Å². The number of aliphatic hydroxyl groups is 1. The van der Waals surface area contributed by atoms with Crippen LogP contribution in [0, 0.1) is 0 Å². The Kier molecular flexibility index (Phi) is 6.14. The fraction of sp³-hybridized carbons (Fsp3) is 0.121. The lowest BCUT2D eigenvalue weighted by Gasteiger charge is -2.24. The molecule has 10 heteroatoms. The van der Waals surface area contributed by atoms with E-state index in [9.17, 15) is 24.6 Å². The molecular formula is C33H22O10. The van der Waals surface area contributed by atoms with Crippen molar-refractivity contribution >= 4 is 21.9 Å². The number of phenols is 1. The molecule has 1 unspecified atom stereocenters. The van der Waals surface area contributed by atoms with Gasteiger partial charge in [-0.3, -0.25) is 0 Å². The Morgan fingerprint density at radius 1 is 0.791 bits per heavy atom. The van der Waals surface area contributed by atoms with Crippen LogP contribution in [-0.4, -0.2) is 17.3 Å². The Balaban J connectivity index is 1.28. The molecule has 4 heterocycles. The van der Waals surface area contributed by atoms with Crippen LogP contribution >= 0.6 is 0 Å². The number of aliphatic hydroxyl groups excluding tert-OH is 1. The number of rotatable bonds is 5. The van der Waals surface area contributed by atoms with Gasteiger partial charge in [-0.15, -0.1) is 0 Å². The third-order valence-electron chi connectivity index (χ3n) is 7.47. The number of methoxy groups -OCH3 is 1. The van der Waals surface area contributed by atoms with Crippen LogP contribution in [0.3, 0.4) is 0 Å². The molecule has 0 aliphatic carbocycles. The summed E-state index contributed by atoms with van der Waals surface area (Å²) in [6, 6.07) is 19.2. The van der Waals surface area contributed by atoms with E-state index in [4.69, 9.17) is 22.7 Å². The number of benzene rings is 3. The molecular weight excluding hydrogens is 556 g/mol. The van der Waals surface area contributed by atoms with Crippen molar-refractivity contribution in [1.82, 2.24) is 0 Å². The van der Waals surface area contributed by atoms with Crippen molar-refractivity contribution in [1.29, 1.82) is 0 Å². The SMILES string of the molecule is COc1cccc2c(Cc3cc4c(oc3=O)-c3cc(Cc5cc(=O)oc6cc(O)ccc56)ccc3OC4O)cc(=O)oc12. The maximum Gasteiger partial charge on any atom is 0.339 e. The first kappa shape index (κ1) is 26.3. The van der Waals surface area contributed by atoms with Crippen LogP contribution in [-0.2, 0) is 12.8 Å². The number of hydrogen-bond donors (Lipinski definition) is 2. The maximum absolute atomic E-state index is 13.3. The summed E-state index contributed by atoms with van der Waals surface area (Å²) in [4.78, 5) is 37.8. The second-order valence-corrected chi connectivity index (χ2v) is 10.2. The average molecular weight is 579 g/mol. The van der Waals surface area contributed by atoms with E-state index >= 15 is 0 Å². The number of fused-ring (bicyclic) bond motifs is 5. The number of ether oxygens (including phenoxy) is 2. The Morgan fingerprint density at radius 3 is 2.40 bits per heavy atom. The van der Waals surface area contributed by atoms with Gasteiger partial charge < -0.3 is 32.9 Å². The summed E-state index contributed by atoms with van der Waals surface area (Å²) in [5.74, 6) is 0.839. The van der Waals surface area contributed by atoms with Crippen molar-refractivity contribution in [2.45, 2.75) is 19.1 Å². The lowest BCUT2D eigenvalue weighted by molar-refractivity contribution is -0.0232. The molecule has 2 N–H and O–H groups in total. The first-order valence-electron chi connectivity index (χ1n) is 13.3. The Labute approximate surface area is 241 Å². The molecule has 3 aromatic heterocycles. The highest BCUT2D eigenvalue weighted by atomic mass is 16.6. The highest BCUT2D eigenvalue weighted by Gasteiger charge is 2.29. The van der Waals surface area contributed by atoms with E-state index in [1.807, 2.05) is 0 Å². The van der Waals surface area contributed by atoms with Gasteiger partial charge in [-0.05, 0) is 59.5 Å². The summed E-state index contributed by atoms with van der Waals surface area (Å²) in [6.07, 6.45) is -1.04. The zero-order valence-electron chi connectivity index (χ0n) is 22.6. The first-order valence-corrected chi connectivity index (χ1v) is 13.3. The van der Waals surface area contributed by atoms with Gasteiger partial charge in [0.15, 0.2) is 17.1 Å². The van der Waals surface area contributed by atoms with Crippen molar-refractivity contribution in [3.63, 3.8) is 0 Å². The molecule has 0 radical (unpaired) electrons. The average Bonchev–Trinajstić information content (AvgIpc) is 2.97. The quantitative estimate of drug-likeness (QED) is 0.273. The van der Waals surface area contributed by atoms with Gasteiger partial charge in [0.2, 0.25) is 6.29 Å². The summed E-state index contributed by atoms with van der Waals surface area (Å²) in [7, 11) is 1.47. The van der Waals surface area contributed by atoms with E-state index in [1.54, 1.807) is 42.5 Å². The molecule has 0 bridgehead atoms. The van der Waals surface area contributed by atoms with Gasteiger partial charge in [-0.25, -0.2) is 14.4 Å². The van der Waals surface area contributed by atoms with Crippen LogP contribution in [0.2, 0.25) is 0 Å². The molecule has 7 rings (SSSR count). The molecule has 0 spiro atoms. The summed E-state index contributed by atoms with van der Waals surface area (Å²) in [6.45, 7) is 0. The molecule has 1 aliphatic heterocycles. The van der Waals surface area contributed by atoms with E-state index in [-0.39, 0.29) is 40.2 Å². The summed E-state index contributed by atoms with van der Waals surface area (Å²) in [5, 5.41) is 21.9. The highest BCUT2D eigenvalue weighted by molar-refractivity contribution is 5.86. The lowest BCUT2D eigenvalue weighted by Crippen LogP contribution is -2.19. The normalized spacial score (nSPS) is 13.9.